The van der Waals surface area contributed by atoms with Gasteiger partial charge in [0.2, 0.25) is 0 Å². The molecule has 90 valence electrons. The fraction of sp³-hybridized carbons (Fsp3) is 0.308. The van der Waals surface area contributed by atoms with Crippen LogP contribution in [0.4, 0.5) is 4.39 Å². The number of halogens is 1. The summed E-state index contributed by atoms with van der Waals surface area (Å²) in [6.07, 6.45) is 0. The molecule has 2 nitrogen and oxygen atoms in total. The van der Waals surface area contributed by atoms with Crippen LogP contribution >= 0.6 is 11.3 Å². The van der Waals surface area contributed by atoms with Gasteiger partial charge in [0.15, 0.2) is 0 Å². The third-order valence-corrected chi connectivity index (χ3v) is 3.60. The lowest BCUT2D eigenvalue weighted by molar-refractivity contribution is 0.627. The SMILES string of the molecule is CNC(C)c1csc(-c2cc(C)cc(F)c2)n1. The van der Waals surface area contributed by atoms with Gasteiger partial charge in [0.1, 0.15) is 10.8 Å². The van der Waals surface area contributed by atoms with E-state index in [4.69, 9.17) is 0 Å². The first kappa shape index (κ1) is 12.2. The number of hydrogen-bond donors (Lipinski definition) is 1. The molecular formula is C13H15FN2S. The summed E-state index contributed by atoms with van der Waals surface area (Å²) in [4.78, 5) is 4.52. The quantitative estimate of drug-likeness (QED) is 0.901. The smallest absolute Gasteiger partial charge is 0.124 e. The molecule has 1 N–H and O–H groups in total. The summed E-state index contributed by atoms with van der Waals surface area (Å²) in [5, 5.41) is 6.01. The van der Waals surface area contributed by atoms with Crippen molar-refractivity contribution < 1.29 is 4.39 Å². The highest BCUT2D eigenvalue weighted by molar-refractivity contribution is 7.13. The Kier molecular flexibility index (Phi) is 3.54. The number of nitrogens with one attached hydrogen (secondary N) is 1. The molecule has 1 aromatic carbocycles. The standard InChI is InChI=1S/C13H15FN2S/c1-8-4-10(6-11(14)5-8)13-16-12(7-17-13)9(2)15-3/h4-7,9,15H,1-3H3. The molecule has 1 atom stereocenters. The topological polar surface area (TPSA) is 24.9 Å². The minimum Gasteiger partial charge on any atom is -0.312 e. The summed E-state index contributed by atoms with van der Waals surface area (Å²) in [5.41, 5.74) is 2.76. The fourth-order valence-corrected chi connectivity index (χ4v) is 2.53. The Morgan fingerprint density at radius 3 is 2.76 bits per heavy atom. The minimum absolute atomic E-state index is 0.210. The van der Waals surface area contributed by atoms with Crippen molar-refractivity contribution in [3.05, 3.63) is 40.7 Å². The Morgan fingerprint density at radius 2 is 2.12 bits per heavy atom. The first-order chi connectivity index (χ1) is 8.10. The summed E-state index contributed by atoms with van der Waals surface area (Å²) in [6, 6.07) is 5.22. The van der Waals surface area contributed by atoms with Gasteiger partial charge in [-0.3, -0.25) is 0 Å². The average Bonchev–Trinajstić information content (AvgIpc) is 2.76. The van der Waals surface area contributed by atoms with E-state index in [2.05, 4.69) is 17.2 Å². The number of benzene rings is 1. The van der Waals surface area contributed by atoms with Gasteiger partial charge in [-0.15, -0.1) is 11.3 Å². The highest BCUT2D eigenvalue weighted by Gasteiger charge is 2.10. The van der Waals surface area contributed by atoms with Gasteiger partial charge in [-0.2, -0.15) is 0 Å². The molecule has 1 aromatic heterocycles. The first-order valence-electron chi connectivity index (χ1n) is 5.50. The molecule has 0 spiro atoms. The summed E-state index contributed by atoms with van der Waals surface area (Å²) in [7, 11) is 1.90. The minimum atomic E-state index is -0.210. The predicted molar refractivity (Wildman–Crippen MR) is 69.7 cm³/mol. The highest BCUT2D eigenvalue weighted by atomic mass is 32.1. The average molecular weight is 250 g/mol. The van der Waals surface area contributed by atoms with E-state index in [1.807, 2.05) is 25.4 Å². The molecule has 0 radical (unpaired) electrons. The summed E-state index contributed by atoms with van der Waals surface area (Å²) in [6.45, 7) is 3.94. The zero-order valence-electron chi connectivity index (χ0n) is 10.1. The Labute approximate surface area is 105 Å². The normalized spacial score (nSPS) is 12.7. The second kappa shape index (κ2) is 4.94. The van der Waals surface area contributed by atoms with Crippen LogP contribution in [0.2, 0.25) is 0 Å². The number of aryl methyl sites for hydroxylation is 1. The van der Waals surface area contributed by atoms with Gasteiger partial charge in [-0.1, -0.05) is 0 Å². The Hall–Kier alpha value is -1.26. The maximum absolute atomic E-state index is 13.3. The van der Waals surface area contributed by atoms with Crippen molar-refractivity contribution in [3.63, 3.8) is 0 Å². The molecule has 2 rings (SSSR count). The van der Waals surface area contributed by atoms with Crippen LogP contribution in [0.3, 0.4) is 0 Å². The van der Waals surface area contributed by atoms with Gasteiger partial charge in [0.25, 0.3) is 0 Å². The Morgan fingerprint density at radius 1 is 1.35 bits per heavy atom. The van der Waals surface area contributed by atoms with E-state index in [1.54, 1.807) is 11.3 Å². The van der Waals surface area contributed by atoms with E-state index in [0.717, 1.165) is 21.8 Å². The molecule has 0 fully saturated rings. The fourth-order valence-electron chi connectivity index (χ4n) is 1.63. The molecule has 0 aliphatic rings. The summed E-state index contributed by atoms with van der Waals surface area (Å²) in [5.74, 6) is -0.210. The predicted octanol–water partition coefficient (Wildman–Crippen LogP) is 3.54. The first-order valence-corrected chi connectivity index (χ1v) is 6.38. The molecule has 0 amide bonds. The third-order valence-electron chi connectivity index (χ3n) is 2.69. The maximum Gasteiger partial charge on any atom is 0.124 e. The second-order valence-electron chi connectivity index (χ2n) is 4.11. The monoisotopic (exact) mass is 250 g/mol. The molecule has 4 heteroatoms. The van der Waals surface area contributed by atoms with Crippen LogP contribution in [0.1, 0.15) is 24.2 Å². The van der Waals surface area contributed by atoms with E-state index >= 15 is 0 Å². The van der Waals surface area contributed by atoms with Crippen molar-refractivity contribution in [2.24, 2.45) is 0 Å². The molecule has 1 unspecified atom stereocenters. The van der Waals surface area contributed by atoms with Crippen LogP contribution in [0.25, 0.3) is 10.6 Å². The number of rotatable bonds is 3. The number of nitrogens with zero attached hydrogens (tertiary/aromatic N) is 1. The van der Waals surface area contributed by atoms with Gasteiger partial charge in [0, 0.05) is 17.0 Å². The molecule has 0 aliphatic carbocycles. The van der Waals surface area contributed by atoms with E-state index in [1.165, 1.54) is 12.1 Å². The van der Waals surface area contributed by atoms with E-state index in [9.17, 15) is 4.39 Å². The number of aromatic nitrogens is 1. The Bertz CT molecular complexity index is 502. The Balaban J connectivity index is 2.36. The lowest BCUT2D eigenvalue weighted by Crippen LogP contribution is -2.12. The van der Waals surface area contributed by atoms with Crippen LogP contribution in [0.15, 0.2) is 23.6 Å². The van der Waals surface area contributed by atoms with E-state index < -0.39 is 0 Å². The van der Waals surface area contributed by atoms with Crippen molar-refractivity contribution in [1.29, 1.82) is 0 Å². The molecule has 0 aliphatic heterocycles. The van der Waals surface area contributed by atoms with Gasteiger partial charge >= 0.3 is 0 Å². The summed E-state index contributed by atoms with van der Waals surface area (Å²) < 4.78 is 13.3. The summed E-state index contributed by atoms with van der Waals surface area (Å²) >= 11 is 1.55. The second-order valence-corrected chi connectivity index (χ2v) is 4.96. The van der Waals surface area contributed by atoms with Crippen LogP contribution in [-0.4, -0.2) is 12.0 Å². The van der Waals surface area contributed by atoms with Crippen LogP contribution in [-0.2, 0) is 0 Å². The molecule has 17 heavy (non-hydrogen) atoms. The molecule has 0 saturated heterocycles. The van der Waals surface area contributed by atoms with Crippen molar-refractivity contribution in [1.82, 2.24) is 10.3 Å². The molecule has 2 aromatic rings. The van der Waals surface area contributed by atoms with Crippen LogP contribution in [0.5, 0.6) is 0 Å². The zero-order chi connectivity index (χ0) is 12.4. The lowest BCUT2D eigenvalue weighted by Gasteiger charge is -2.05. The lowest BCUT2D eigenvalue weighted by atomic mass is 10.1. The van der Waals surface area contributed by atoms with Crippen LogP contribution < -0.4 is 5.32 Å². The van der Waals surface area contributed by atoms with Gasteiger partial charge < -0.3 is 5.32 Å². The van der Waals surface area contributed by atoms with E-state index in [-0.39, 0.29) is 11.9 Å². The molecule has 0 saturated carbocycles. The van der Waals surface area contributed by atoms with E-state index in [0.29, 0.717) is 0 Å². The van der Waals surface area contributed by atoms with Crippen molar-refractivity contribution in [3.8, 4) is 10.6 Å². The molecule has 0 bridgehead atoms. The molecule has 1 heterocycles. The van der Waals surface area contributed by atoms with Crippen molar-refractivity contribution >= 4 is 11.3 Å². The zero-order valence-corrected chi connectivity index (χ0v) is 10.9. The largest absolute Gasteiger partial charge is 0.312 e. The third kappa shape index (κ3) is 2.70. The molecular weight excluding hydrogens is 235 g/mol. The van der Waals surface area contributed by atoms with Gasteiger partial charge in [-0.05, 0) is 44.7 Å². The highest BCUT2D eigenvalue weighted by Crippen LogP contribution is 2.27. The van der Waals surface area contributed by atoms with Gasteiger partial charge in [0.05, 0.1) is 5.69 Å². The van der Waals surface area contributed by atoms with Gasteiger partial charge in [-0.25, -0.2) is 9.37 Å². The maximum atomic E-state index is 13.3. The van der Waals surface area contributed by atoms with Crippen molar-refractivity contribution in [2.75, 3.05) is 7.05 Å². The van der Waals surface area contributed by atoms with Crippen molar-refractivity contribution in [2.45, 2.75) is 19.9 Å². The number of hydrogen-bond acceptors (Lipinski definition) is 3. The number of thiazole rings is 1. The van der Waals surface area contributed by atoms with Crippen LogP contribution in [0, 0.1) is 12.7 Å².